The van der Waals surface area contributed by atoms with Gasteiger partial charge in [0.25, 0.3) is 5.91 Å². The van der Waals surface area contributed by atoms with Crippen LogP contribution in [0, 0.1) is 0 Å². The van der Waals surface area contributed by atoms with Gasteiger partial charge in [-0.05, 0) is 54.5 Å². The fourth-order valence-corrected chi connectivity index (χ4v) is 3.29. The van der Waals surface area contributed by atoms with Crippen LogP contribution in [0.2, 0.25) is 0 Å². The minimum absolute atomic E-state index is 0.0739. The van der Waals surface area contributed by atoms with Crippen molar-refractivity contribution in [1.82, 2.24) is 4.90 Å². The van der Waals surface area contributed by atoms with Crippen molar-refractivity contribution in [3.63, 3.8) is 0 Å². The van der Waals surface area contributed by atoms with Gasteiger partial charge in [-0.2, -0.15) is 0 Å². The number of carbonyl (C=O) groups excluding carboxylic acids is 2. The molecule has 3 rings (SSSR count). The first kappa shape index (κ1) is 15.6. The fourth-order valence-electron chi connectivity index (χ4n) is 3.29. The molecule has 5 nitrogen and oxygen atoms in total. The van der Waals surface area contributed by atoms with E-state index in [0.717, 1.165) is 42.4 Å². The Balaban J connectivity index is 1.96. The van der Waals surface area contributed by atoms with E-state index in [9.17, 15) is 9.59 Å². The van der Waals surface area contributed by atoms with E-state index >= 15 is 0 Å². The normalized spacial score (nSPS) is 19.0. The van der Waals surface area contributed by atoms with Crippen LogP contribution in [0.15, 0.2) is 18.2 Å². The Morgan fingerprint density at radius 2 is 1.83 bits per heavy atom. The van der Waals surface area contributed by atoms with Crippen LogP contribution in [0.1, 0.15) is 36.8 Å². The molecule has 0 atom stereocenters. The highest BCUT2D eigenvalue weighted by molar-refractivity contribution is 6.05. The number of carbonyl (C=O) groups is 2. The van der Waals surface area contributed by atoms with Gasteiger partial charge in [-0.15, -0.1) is 0 Å². The molecular weight excluding hydrogens is 294 g/mol. The third kappa shape index (κ3) is 2.96. The quantitative estimate of drug-likeness (QED) is 0.805. The Kier molecular flexibility index (Phi) is 4.37. The molecule has 23 heavy (non-hydrogen) atoms. The second-order valence-corrected chi connectivity index (χ2v) is 5.87. The molecule has 1 heterocycles. The van der Waals surface area contributed by atoms with E-state index in [0.29, 0.717) is 24.5 Å². The van der Waals surface area contributed by atoms with Crippen molar-refractivity contribution >= 4 is 17.4 Å². The molecule has 1 aromatic carbocycles. The number of likely N-dealkylation sites (tertiary alicyclic amines) is 1. The largest absolute Gasteiger partial charge is 0.493 e. The van der Waals surface area contributed by atoms with Crippen LogP contribution in [-0.4, -0.2) is 37.5 Å². The predicted molar refractivity (Wildman–Crippen MR) is 86.4 cm³/mol. The summed E-state index contributed by atoms with van der Waals surface area (Å²) in [7, 11) is 3.22. The zero-order chi connectivity index (χ0) is 16.4. The van der Waals surface area contributed by atoms with Gasteiger partial charge in [0.2, 0.25) is 5.91 Å². The second kappa shape index (κ2) is 6.44. The smallest absolute Gasteiger partial charge is 0.253 e. The summed E-state index contributed by atoms with van der Waals surface area (Å²) < 4.78 is 10.7. The fraction of sp³-hybridized carbons (Fsp3) is 0.444. The monoisotopic (exact) mass is 315 g/mol. The van der Waals surface area contributed by atoms with Crippen LogP contribution in [0.5, 0.6) is 11.5 Å². The number of hydrogen-bond acceptors (Lipinski definition) is 4. The molecule has 5 heteroatoms. The van der Waals surface area contributed by atoms with Gasteiger partial charge in [0.15, 0.2) is 11.5 Å². The van der Waals surface area contributed by atoms with Crippen molar-refractivity contribution in [3.05, 3.63) is 29.3 Å². The van der Waals surface area contributed by atoms with Gasteiger partial charge in [-0.3, -0.25) is 14.5 Å². The first-order valence-electron chi connectivity index (χ1n) is 7.94. The van der Waals surface area contributed by atoms with E-state index in [1.807, 2.05) is 12.1 Å². The molecule has 0 unspecified atom stereocenters. The Morgan fingerprint density at radius 1 is 1.09 bits per heavy atom. The summed E-state index contributed by atoms with van der Waals surface area (Å²) in [5.74, 6) is 1.08. The van der Waals surface area contributed by atoms with Crippen molar-refractivity contribution in [2.24, 2.45) is 0 Å². The Labute approximate surface area is 135 Å². The first-order chi connectivity index (χ1) is 11.1. The molecule has 1 aromatic rings. The highest BCUT2D eigenvalue weighted by Gasteiger charge is 2.26. The van der Waals surface area contributed by atoms with Crippen molar-refractivity contribution in [2.75, 3.05) is 20.8 Å². The lowest BCUT2D eigenvalue weighted by atomic mass is 9.86. The maximum absolute atomic E-state index is 12.4. The summed E-state index contributed by atoms with van der Waals surface area (Å²) in [5.41, 5.74) is 3.14. The number of nitrogens with zero attached hydrogens (tertiary/aromatic N) is 1. The van der Waals surface area contributed by atoms with E-state index in [4.69, 9.17) is 9.47 Å². The predicted octanol–water partition coefficient (Wildman–Crippen LogP) is 2.57. The summed E-state index contributed by atoms with van der Waals surface area (Å²) in [6.45, 7) is 0.528. The molecule has 0 saturated carbocycles. The van der Waals surface area contributed by atoms with Crippen molar-refractivity contribution in [2.45, 2.75) is 32.1 Å². The SMILES string of the molecule is COc1cc2c(cc1OC)C(=CC(=O)N1CCCC1=O)CCC2. The summed E-state index contributed by atoms with van der Waals surface area (Å²) in [6.07, 6.45) is 5.61. The number of methoxy groups -OCH3 is 2. The van der Waals surface area contributed by atoms with Crippen molar-refractivity contribution in [3.8, 4) is 11.5 Å². The van der Waals surface area contributed by atoms with Crippen LogP contribution < -0.4 is 9.47 Å². The lowest BCUT2D eigenvalue weighted by Gasteiger charge is -2.22. The Hall–Kier alpha value is -2.30. The molecule has 2 amide bonds. The molecule has 0 aromatic heterocycles. The maximum atomic E-state index is 12.4. The topological polar surface area (TPSA) is 55.8 Å². The number of amides is 2. The molecular formula is C18H21NO4. The molecule has 1 saturated heterocycles. The van der Waals surface area contributed by atoms with Crippen LogP contribution in [0.3, 0.4) is 0 Å². The summed E-state index contributed by atoms with van der Waals surface area (Å²) >= 11 is 0. The van der Waals surface area contributed by atoms with Crippen molar-refractivity contribution in [1.29, 1.82) is 0 Å². The van der Waals surface area contributed by atoms with Gasteiger partial charge < -0.3 is 9.47 Å². The number of allylic oxidation sites excluding steroid dienone is 1. The molecule has 1 fully saturated rings. The van der Waals surface area contributed by atoms with Gasteiger partial charge >= 0.3 is 0 Å². The van der Waals surface area contributed by atoms with Gasteiger partial charge in [0, 0.05) is 19.0 Å². The zero-order valence-corrected chi connectivity index (χ0v) is 13.6. The second-order valence-electron chi connectivity index (χ2n) is 5.87. The number of rotatable bonds is 3. The summed E-state index contributed by atoms with van der Waals surface area (Å²) in [4.78, 5) is 25.5. The van der Waals surface area contributed by atoms with E-state index in [1.165, 1.54) is 4.90 Å². The van der Waals surface area contributed by atoms with E-state index in [1.54, 1.807) is 20.3 Å². The molecule has 2 aliphatic rings. The molecule has 1 aliphatic heterocycles. The number of fused-ring (bicyclic) bond motifs is 1. The minimum Gasteiger partial charge on any atom is -0.493 e. The Morgan fingerprint density at radius 3 is 2.48 bits per heavy atom. The molecule has 1 aliphatic carbocycles. The lowest BCUT2D eigenvalue weighted by molar-refractivity contribution is -0.138. The van der Waals surface area contributed by atoms with Gasteiger partial charge in [0.05, 0.1) is 14.2 Å². The first-order valence-corrected chi connectivity index (χ1v) is 7.94. The average molecular weight is 315 g/mol. The van der Waals surface area contributed by atoms with Gasteiger partial charge in [0.1, 0.15) is 0 Å². The third-order valence-corrected chi connectivity index (χ3v) is 4.48. The van der Waals surface area contributed by atoms with Crippen molar-refractivity contribution < 1.29 is 19.1 Å². The minimum atomic E-state index is -0.204. The number of benzene rings is 1. The summed E-state index contributed by atoms with van der Waals surface area (Å²) in [6, 6.07) is 3.91. The van der Waals surface area contributed by atoms with Crippen LogP contribution in [-0.2, 0) is 16.0 Å². The number of imide groups is 1. The van der Waals surface area contributed by atoms with Crippen LogP contribution in [0.25, 0.3) is 5.57 Å². The maximum Gasteiger partial charge on any atom is 0.253 e. The number of aryl methyl sites for hydroxylation is 1. The highest BCUT2D eigenvalue weighted by atomic mass is 16.5. The molecule has 0 spiro atoms. The highest BCUT2D eigenvalue weighted by Crippen LogP contribution is 2.38. The van der Waals surface area contributed by atoms with Crippen LogP contribution in [0.4, 0.5) is 0 Å². The van der Waals surface area contributed by atoms with Crippen LogP contribution >= 0.6 is 0 Å². The summed E-state index contributed by atoms with van der Waals surface area (Å²) in [5, 5.41) is 0. The van der Waals surface area contributed by atoms with E-state index in [-0.39, 0.29) is 11.8 Å². The average Bonchev–Trinajstić information content (AvgIpc) is 3.00. The van der Waals surface area contributed by atoms with Gasteiger partial charge in [-0.25, -0.2) is 0 Å². The Bertz CT molecular complexity index is 678. The van der Waals surface area contributed by atoms with Gasteiger partial charge in [-0.1, -0.05) is 0 Å². The molecule has 0 bridgehead atoms. The third-order valence-electron chi connectivity index (χ3n) is 4.48. The number of ether oxygens (including phenoxy) is 2. The van der Waals surface area contributed by atoms with E-state index < -0.39 is 0 Å². The molecule has 0 radical (unpaired) electrons. The lowest BCUT2D eigenvalue weighted by Crippen LogP contribution is -2.30. The van der Waals surface area contributed by atoms with E-state index in [2.05, 4.69) is 0 Å². The molecule has 122 valence electrons. The number of hydrogen-bond donors (Lipinski definition) is 0. The standard InChI is InChI=1S/C18H21NO4/c1-22-15-9-12-5-3-6-13(14(12)11-16(15)23-2)10-18(21)19-8-4-7-17(19)20/h9-11H,3-8H2,1-2H3. The molecule has 0 N–H and O–H groups in total. The zero-order valence-electron chi connectivity index (χ0n) is 13.6.